The predicted octanol–water partition coefficient (Wildman–Crippen LogP) is 1.39. The van der Waals surface area contributed by atoms with E-state index in [1.165, 1.54) is 0 Å². The number of Topliss-reactive ketones (excluding diaryl/α,β-unsaturated/α-hetero) is 1. The number of hydrazine groups is 1. The molecule has 1 fully saturated rings. The smallest absolute Gasteiger partial charge is 0.178 e. The molecule has 1 aromatic rings. The van der Waals surface area contributed by atoms with Crippen LogP contribution in [0.2, 0.25) is 0 Å². The first kappa shape index (κ1) is 11.1. The number of carbonyl (C=O) groups excluding carboxylic acids is 1. The molecule has 1 aromatic carbocycles. The highest BCUT2D eigenvalue weighted by Crippen LogP contribution is 2.13. The van der Waals surface area contributed by atoms with Crippen molar-refractivity contribution in [1.29, 1.82) is 0 Å². The Kier molecular flexibility index (Phi) is 3.23. The van der Waals surface area contributed by atoms with Crippen LogP contribution in [0.1, 0.15) is 10.4 Å². The topological polar surface area (TPSA) is 26.8 Å². The van der Waals surface area contributed by atoms with E-state index in [-0.39, 0.29) is 29.3 Å². The standard InChI is InChI=1S/C10H11F2N3O/c11-13-7-14(15(12)8-13)6-10(16)9-4-2-1-3-5-9/h1-5H,6-8H2. The molecule has 0 radical (unpaired) electrons. The number of rotatable bonds is 3. The van der Waals surface area contributed by atoms with Gasteiger partial charge in [-0.25, -0.2) is 0 Å². The second-order valence-corrected chi connectivity index (χ2v) is 3.54. The third-order valence-corrected chi connectivity index (χ3v) is 2.32. The number of nitrogens with zero attached hydrogens (tertiary/aromatic N) is 3. The second-order valence-electron chi connectivity index (χ2n) is 3.54. The zero-order chi connectivity index (χ0) is 11.5. The van der Waals surface area contributed by atoms with Crippen LogP contribution >= 0.6 is 0 Å². The maximum atomic E-state index is 13.0. The molecule has 1 aliphatic rings. The van der Waals surface area contributed by atoms with E-state index in [1.54, 1.807) is 30.3 Å². The van der Waals surface area contributed by atoms with E-state index in [0.29, 0.717) is 5.56 Å². The third-order valence-electron chi connectivity index (χ3n) is 2.32. The number of ketones is 1. The van der Waals surface area contributed by atoms with E-state index in [1.807, 2.05) is 0 Å². The van der Waals surface area contributed by atoms with Crippen molar-refractivity contribution in [2.24, 2.45) is 0 Å². The summed E-state index contributed by atoms with van der Waals surface area (Å²) in [4.78, 5) is 11.7. The zero-order valence-electron chi connectivity index (χ0n) is 8.51. The zero-order valence-corrected chi connectivity index (χ0v) is 8.51. The van der Waals surface area contributed by atoms with Gasteiger partial charge < -0.3 is 0 Å². The Labute approximate surface area is 91.5 Å². The average Bonchev–Trinajstić information content (AvgIpc) is 2.59. The molecule has 0 N–H and O–H groups in total. The summed E-state index contributed by atoms with van der Waals surface area (Å²) in [5.74, 6) is -0.237. The summed E-state index contributed by atoms with van der Waals surface area (Å²) in [7, 11) is 0. The van der Waals surface area contributed by atoms with Crippen LogP contribution in [0.15, 0.2) is 30.3 Å². The summed E-state index contributed by atoms with van der Waals surface area (Å²) in [5.41, 5.74) is 0.494. The second kappa shape index (κ2) is 4.65. The quantitative estimate of drug-likeness (QED) is 0.576. The van der Waals surface area contributed by atoms with Gasteiger partial charge in [-0.2, -0.15) is 5.01 Å². The Balaban J connectivity index is 1.98. The number of carbonyl (C=O) groups is 1. The molecule has 1 saturated heterocycles. The third kappa shape index (κ3) is 2.41. The molecule has 0 amide bonds. The van der Waals surface area contributed by atoms with E-state index >= 15 is 0 Å². The van der Waals surface area contributed by atoms with Crippen molar-refractivity contribution in [3.8, 4) is 0 Å². The molecule has 0 aromatic heterocycles. The van der Waals surface area contributed by atoms with Crippen molar-refractivity contribution in [2.75, 3.05) is 19.9 Å². The molecule has 1 aliphatic heterocycles. The van der Waals surface area contributed by atoms with Gasteiger partial charge in [0.2, 0.25) is 0 Å². The first-order chi connectivity index (χ1) is 7.66. The van der Waals surface area contributed by atoms with Crippen molar-refractivity contribution < 1.29 is 13.8 Å². The van der Waals surface area contributed by atoms with E-state index in [0.717, 1.165) is 5.01 Å². The lowest BCUT2D eigenvalue weighted by Crippen LogP contribution is -2.35. The van der Waals surface area contributed by atoms with Gasteiger partial charge in [-0.05, 0) is 0 Å². The van der Waals surface area contributed by atoms with Gasteiger partial charge in [0.05, 0.1) is 13.2 Å². The van der Waals surface area contributed by atoms with E-state index < -0.39 is 6.67 Å². The minimum Gasteiger partial charge on any atom is -0.293 e. The maximum Gasteiger partial charge on any atom is 0.178 e. The molecule has 6 heteroatoms. The van der Waals surface area contributed by atoms with Crippen molar-refractivity contribution in [1.82, 2.24) is 15.4 Å². The molecule has 0 unspecified atom stereocenters. The largest absolute Gasteiger partial charge is 0.293 e. The first-order valence-corrected chi connectivity index (χ1v) is 4.84. The summed E-state index contributed by atoms with van der Waals surface area (Å²) < 4.78 is 25.7. The SMILES string of the molecule is O=C(CN1CN(F)CN1F)c1ccccc1. The van der Waals surface area contributed by atoms with Crippen molar-refractivity contribution in [2.45, 2.75) is 0 Å². The number of hydrogen-bond acceptors (Lipinski definition) is 4. The average molecular weight is 227 g/mol. The number of hydrogen-bond donors (Lipinski definition) is 0. The molecule has 0 atom stereocenters. The lowest BCUT2D eigenvalue weighted by Gasteiger charge is -2.16. The molecule has 86 valence electrons. The van der Waals surface area contributed by atoms with Crippen LogP contribution < -0.4 is 0 Å². The summed E-state index contributed by atoms with van der Waals surface area (Å²) in [5, 5.41) is 1.49. The summed E-state index contributed by atoms with van der Waals surface area (Å²) in [6, 6.07) is 8.54. The molecule has 0 aliphatic carbocycles. The normalized spacial score (nSPS) is 19.1. The van der Waals surface area contributed by atoms with Crippen LogP contribution in [0.5, 0.6) is 0 Å². The molecule has 0 spiro atoms. The van der Waals surface area contributed by atoms with Crippen LogP contribution in [0, 0.1) is 0 Å². The predicted molar refractivity (Wildman–Crippen MR) is 53.1 cm³/mol. The molecule has 0 saturated carbocycles. The van der Waals surface area contributed by atoms with Gasteiger partial charge in [0.25, 0.3) is 0 Å². The molecule has 4 nitrogen and oxygen atoms in total. The highest BCUT2D eigenvalue weighted by molar-refractivity contribution is 5.97. The minimum absolute atomic E-state index is 0.166. The van der Waals surface area contributed by atoms with Crippen molar-refractivity contribution in [3.05, 3.63) is 35.9 Å². The fraction of sp³-hybridized carbons (Fsp3) is 0.300. The summed E-state index contributed by atoms with van der Waals surface area (Å²) in [6.07, 6.45) is 0. The Morgan fingerprint density at radius 1 is 1.19 bits per heavy atom. The Morgan fingerprint density at radius 2 is 1.88 bits per heavy atom. The van der Waals surface area contributed by atoms with Gasteiger partial charge in [0.15, 0.2) is 5.78 Å². The minimum atomic E-state index is -0.456. The van der Waals surface area contributed by atoms with Crippen LogP contribution in [-0.4, -0.2) is 41.0 Å². The van der Waals surface area contributed by atoms with Gasteiger partial charge in [0.1, 0.15) is 6.67 Å². The van der Waals surface area contributed by atoms with E-state index in [2.05, 4.69) is 0 Å². The van der Waals surface area contributed by atoms with Gasteiger partial charge >= 0.3 is 0 Å². The molecule has 1 heterocycles. The molecular formula is C10H11F2N3O. The van der Waals surface area contributed by atoms with Crippen molar-refractivity contribution in [3.63, 3.8) is 0 Å². The van der Waals surface area contributed by atoms with Crippen LogP contribution in [-0.2, 0) is 0 Å². The van der Waals surface area contributed by atoms with E-state index in [9.17, 15) is 13.8 Å². The molecule has 16 heavy (non-hydrogen) atoms. The van der Waals surface area contributed by atoms with Crippen LogP contribution in [0.25, 0.3) is 0 Å². The maximum absolute atomic E-state index is 13.0. The fourth-order valence-corrected chi connectivity index (χ4v) is 1.51. The van der Waals surface area contributed by atoms with Gasteiger partial charge in [-0.15, -0.1) is 14.1 Å². The summed E-state index contributed by atoms with van der Waals surface area (Å²) >= 11 is 0. The molecule has 2 rings (SSSR count). The molecular weight excluding hydrogens is 216 g/mol. The fourth-order valence-electron chi connectivity index (χ4n) is 1.51. The van der Waals surface area contributed by atoms with Crippen LogP contribution in [0.3, 0.4) is 0 Å². The van der Waals surface area contributed by atoms with E-state index in [4.69, 9.17) is 0 Å². The number of halogens is 2. The number of benzene rings is 1. The lowest BCUT2D eigenvalue weighted by atomic mass is 10.1. The van der Waals surface area contributed by atoms with Gasteiger partial charge in [0, 0.05) is 5.56 Å². The summed E-state index contributed by atoms with van der Waals surface area (Å²) in [6.45, 7) is -0.849. The molecule has 0 bridgehead atoms. The van der Waals surface area contributed by atoms with Gasteiger partial charge in [-0.1, -0.05) is 35.6 Å². The Hall–Kier alpha value is -1.37. The Bertz CT molecular complexity index is 374. The van der Waals surface area contributed by atoms with Crippen molar-refractivity contribution >= 4 is 5.78 Å². The highest BCUT2D eigenvalue weighted by atomic mass is 19.2. The monoisotopic (exact) mass is 227 g/mol. The first-order valence-electron chi connectivity index (χ1n) is 4.84. The van der Waals surface area contributed by atoms with Gasteiger partial charge in [-0.3, -0.25) is 4.79 Å². The Morgan fingerprint density at radius 3 is 2.44 bits per heavy atom. The van der Waals surface area contributed by atoms with Crippen LogP contribution in [0.4, 0.5) is 8.96 Å². The lowest BCUT2D eigenvalue weighted by molar-refractivity contribution is -0.132. The highest BCUT2D eigenvalue weighted by Gasteiger charge is 2.30.